The minimum absolute atomic E-state index is 0.0609. The van der Waals surface area contributed by atoms with Crippen LogP contribution in [0.15, 0.2) is 12.4 Å². The molecule has 2 fully saturated rings. The summed E-state index contributed by atoms with van der Waals surface area (Å²) < 4.78 is 35.7. The Labute approximate surface area is 227 Å². The van der Waals surface area contributed by atoms with Crippen LogP contribution in [0, 0.1) is 17.8 Å². The molecule has 6 rings (SSSR count). The maximum absolute atomic E-state index is 13.5. The second-order valence-corrected chi connectivity index (χ2v) is 11.8. The number of hydrogen-bond donors (Lipinski definition) is 3. The topological polar surface area (TPSA) is 128 Å². The summed E-state index contributed by atoms with van der Waals surface area (Å²) >= 11 is 1.41. The van der Waals surface area contributed by atoms with Crippen LogP contribution < -0.4 is 20.7 Å². The van der Waals surface area contributed by atoms with Crippen LogP contribution in [0.4, 0.5) is 25.5 Å². The number of ether oxygens (including phenoxy) is 1. The first-order valence-corrected chi connectivity index (χ1v) is 13.8. The van der Waals surface area contributed by atoms with Gasteiger partial charge >= 0.3 is 0 Å². The molecule has 2 saturated carbocycles. The predicted molar refractivity (Wildman–Crippen MR) is 140 cm³/mol. The molecule has 0 aliphatic heterocycles. The van der Waals surface area contributed by atoms with Gasteiger partial charge in [-0.15, -0.1) is 26.6 Å². The largest absolute Gasteiger partial charge is 0.480 e. The molecule has 4 atom stereocenters. The van der Waals surface area contributed by atoms with Gasteiger partial charge in [0.05, 0.1) is 12.7 Å². The van der Waals surface area contributed by atoms with Crippen LogP contribution >= 0.6 is 11.3 Å². The van der Waals surface area contributed by atoms with E-state index in [2.05, 4.69) is 31.2 Å². The Bertz CT molecular complexity index is 1430. The minimum atomic E-state index is -2.72. The lowest BCUT2D eigenvalue weighted by atomic mass is 9.91. The predicted octanol–water partition coefficient (Wildman–Crippen LogP) is 3.53. The Morgan fingerprint density at radius 1 is 1.33 bits per heavy atom. The molecule has 3 aromatic heterocycles. The van der Waals surface area contributed by atoms with Gasteiger partial charge in [-0.2, -0.15) is 0 Å². The number of amides is 2. The number of thiophene rings is 1. The van der Waals surface area contributed by atoms with E-state index in [0.29, 0.717) is 47.0 Å². The second kappa shape index (κ2) is 9.57. The van der Waals surface area contributed by atoms with E-state index in [9.17, 15) is 18.4 Å². The first-order chi connectivity index (χ1) is 18.6. The molecule has 0 spiro atoms. The number of methoxy groups -OCH3 is 1. The van der Waals surface area contributed by atoms with E-state index >= 15 is 0 Å². The molecule has 39 heavy (non-hydrogen) atoms. The summed E-state index contributed by atoms with van der Waals surface area (Å²) in [6.07, 6.45) is 4.22. The summed E-state index contributed by atoms with van der Waals surface area (Å²) in [4.78, 5) is 27.2. The van der Waals surface area contributed by atoms with Crippen LogP contribution in [-0.4, -0.2) is 55.9 Å². The first-order valence-electron chi connectivity index (χ1n) is 13.0. The Kier molecular flexibility index (Phi) is 6.31. The molecule has 11 nitrogen and oxygen atoms in total. The van der Waals surface area contributed by atoms with E-state index < -0.39 is 17.7 Å². The number of anilines is 3. The van der Waals surface area contributed by atoms with Crippen molar-refractivity contribution in [3.8, 4) is 5.88 Å². The molecular weight excluding hydrogens is 530 g/mol. The monoisotopic (exact) mass is 560 g/mol. The molecule has 0 saturated heterocycles. The van der Waals surface area contributed by atoms with Gasteiger partial charge in [0, 0.05) is 48.8 Å². The quantitative estimate of drug-likeness (QED) is 0.365. The highest BCUT2D eigenvalue weighted by Gasteiger charge is 2.56. The number of halogens is 2. The van der Waals surface area contributed by atoms with Crippen LogP contribution in [0.25, 0.3) is 0 Å². The van der Waals surface area contributed by atoms with Crippen LogP contribution in [0.2, 0.25) is 0 Å². The smallest absolute Gasteiger partial charge is 0.254 e. The van der Waals surface area contributed by atoms with Gasteiger partial charge in [-0.05, 0) is 37.2 Å². The number of carbonyl (C=O) groups excluding carboxylic acids is 2. The molecule has 3 aliphatic rings. The van der Waals surface area contributed by atoms with Crippen molar-refractivity contribution in [3.05, 3.63) is 28.4 Å². The molecule has 0 unspecified atom stereocenters. The maximum Gasteiger partial charge on any atom is 0.254 e. The molecule has 2 amide bonds. The highest BCUT2D eigenvalue weighted by molar-refractivity contribution is 7.17. The zero-order valence-electron chi connectivity index (χ0n) is 21.8. The summed E-state index contributed by atoms with van der Waals surface area (Å²) in [7, 11) is 3.32. The fourth-order valence-electron chi connectivity index (χ4n) is 5.19. The minimum Gasteiger partial charge on any atom is -0.480 e. The van der Waals surface area contributed by atoms with Crippen LogP contribution in [0.5, 0.6) is 5.88 Å². The van der Waals surface area contributed by atoms with Gasteiger partial charge < -0.3 is 20.7 Å². The third-order valence-corrected chi connectivity index (χ3v) is 9.09. The zero-order chi connectivity index (χ0) is 27.5. The highest BCUT2D eigenvalue weighted by Crippen LogP contribution is 2.48. The van der Waals surface area contributed by atoms with Gasteiger partial charge in [0.15, 0.2) is 0 Å². The van der Waals surface area contributed by atoms with Crippen molar-refractivity contribution in [2.75, 3.05) is 24.3 Å². The molecular formula is C25H30F2N8O3S. The van der Waals surface area contributed by atoms with Crippen molar-refractivity contribution in [1.29, 1.82) is 0 Å². The van der Waals surface area contributed by atoms with E-state index in [4.69, 9.17) is 4.74 Å². The van der Waals surface area contributed by atoms with Crippen molar-refractivity contribution in [3.63, 3.8) is 0 Å². The molecule has 208 valence electrons. The molecule has 0 bridgehead atoms. The summed E-state index contributed by atoms with van der Waals surface area (Å²) in [6.45, 7) is 1.92. The lowest BCUT2D eigenvalue weighted by Gasteiger charge is -2.25. The second-order valence-electron chi connectivity index (χ2n) is 10.7. The molecule has 3 aliphatic carbocycles. The Morgan fingerprint density at radius 3 is 2.77 bits per heavy atom. The van der Waals surface area contributed by atoms with E-state index in [1.54, 1.807) is 31.2 Å². The van der Waals surface area contributed by atoms with Gasteiger partial charge in [-0.1, -0.05) is 6.92 Å². The summed E-state index contributed by atoms with van der Waals surface area (Å²) in [5, 5.41) is 22.0. The first kappa shape index (κ1) is 25.7. The zero-order valence-corrected chi connectivity index (χ0v) is 22.6. The Hall–Kier alpha value is -3.55. The number of carbonyl (C=O) groups is 2. The maximum atomic E-state index is 13.5. The van der Waals surface area contributed by atoms with E-state index in [0.717, 1.165) is 23.3 Å². The van der Waals surface area contributed by atoms with Crippen molar-refractivity contribution in [1.82, 2.24) is 29.9 Å². The molecule has 3 heterocycles. The normalized spacial score (nSPS) is 24.5. The average molecular weight is 561 g/mol. The average Bonchev–Trinajstić information content (AvgIpc) is 3.52. The van der Waals surface area contributed by atoms with Crippen molar-refractivity contribution in [2.45, 2.75) is 51.0 Å². The third kappa shape index (κ3) is 4.97. The molecule has 3 aromatic rings. The summed E-state index contributed by atoms with van der Waals surface area (Å²) in [5.74, 6) is -2.19. The number of aromatic nitrogens is 5. The van der Waals surface area contributed by atoms with Gasteiger partial charge in [-0.25, -0.2) is 13.5 Å². The van der Waals surface area contributed by atoms with Crippen LogP contribution in [0.3, 0.4) is 0 Å². The number of rotatable bonds is 9. The number of fused-ring (bicyclic) bond motifs is 1. The number of alkyl halides is 2. The van der Waals surface area contributed by atoms with Crippen molar-refractivity contribution >= 4 is 39.9 Å². The fraction of sp³-hybridized carbons (Fsp3) is 0.560. The van der Waals surface area contributed by atoms with Gasteiger partial charge in [-0.3, -0.25) is 14.2 Å². The van der Waals surface area contributed by atoms with Gasteiger partial charge in [0.2, 0.25) is 17.7 Å². The Morgan fingerprint density at radius 2 is 2.10 bits per heavy atom. The number of hydrogen-bond acceptors (Lipinski definition) is 8. The van der Waals surface area contributed by atoms with E-state index in [1.165, 1.54) is 11.3 Å². The SMILES string of the molecule is COc1cc(Nc2nncn2[C@H]2CCc3sc(NC(=O)[C@H]4C[C@@H]4C)c(C(=O)NC[C@H]4CC4(F)F)c3C2)n(C)n1. The standard InChI is InChI=1S/C25H30F2N8O3S/c1-12-6-15(12)21(36)31-23-20(22(37)28-10-13-9-25(13,26)27)16-7-14(4-5-17(16)39-23)35-11-29-32-24(35)30-18-8-19(38-3)33-34(18)2/h8,11-15H,4-7,9-10H2,1-3H3,(H,28,37)(H,30,32)(H,31,36)/t12-,13+,14-,15-/m0/s1. The number of nitrogens with one attached hydrogen (secondary N) is 3. The lowest BCUT2D eigenvalue weighted by molar-refractivity contribution is -0.117. The molecule has 14 heteroatoms. The lowest BCUT2D eigenvalue weighted by Crippen LogP contribution is -2.29. The van der Waals surface area contributed by atoms with E-state index in [1.807, 2.05) is 11.5 Å². The van der Waals surface area contributed by atoms with Crippen LogP contribution in [-0.2, 0) is 24.7 Å². The molecule has 0 aromatic carbocycles. The fourth-order valence-corrected chi connectivity index (χ4v) is 6.43. The number of aryl methyl sites for hydroxylation is 2. The Balaban J connectivity index is 1.25. The van der Waals surface area contributed by atoms with Crippen molar-refractivity contribution in [2.24, 2.45) is 24.8 Å². The number of nitrogens with zero attached hydrogens (tertiary/aromatic N) is 5. The van der Waals surface area contributed by atoms with E-state index in [-0.39, 0.29) is 30.8 Å². The van der Waals surface area contributed by atoms with Crippen LogP contribution in [0.1, 0.15) is 53.0 Å². The molecule has 3 N–H and O–H groups in total. The van der Waals surface area contributed by atoms with Crippen molar-refractivity contribution < 1.29 is 23.1 Å². The summed E-state index contributed by atoms with van der Waals surface area (Å²) in [6, 6.07) is 1.68. The van der Waals surface area contributed by atoms with Gasteiger partial charge in [0.1, 0.15) is 17.1 Å². The third-order valence-electron chi connectivity index (χ3n) is 7.88. The van der Waals surface area contributed by atoms with Gasteiger partial charge in [0.25, 0.3) is 11.8 Å². The highest BCUT2D eigenvalue weighted by atomic mass is 32.1. The molecule has 0 radical (unpaired) electrons. The summed E-state index contributed by atoms with van der Waals surface area (Å²) in [5.41, 5.74) is 1.21.